The van der Waals surface area contributed by atoms with Crippen molar-refractivity contribution in [1.29, 1.82) is 0 Å². The Balaban J connectivity index is 1.02. The number of hydrogen-bond acceptors (Lipinski definition) is 5. The van der Waals surface area contributed by atoms with E-state index >= 15 is 0 Å². The molecule has 7 rings (SSSR count). The van der Waals surface area contributed by atoms with E-state index in [-0.39, 0.29) is 30.0 Å². The molecule has 5 aliphatic rings. The molecule has 0 saturated heterocycles. The quantitative estimate of drug-likeness (QED) is 0.266. The summed E-state index contributed by atoms with van der Waals surface area (Å²) in [7, 11) is -3.86. The maximum Gasteiger partial charge on any atom is 0.247 e. The Morgan fingerprint density at radius 1 is 1.00 bits per heavy atom. The fourth-order valence-electron chi connectivity index (χ4n) is 8.87. The predicted octanol–water partition coefficient (Wildman–Crippen LogP) is 6.29. The SMILES string of the molecule is Cc1cc(OCCCC2=C(C(=O)NCCS(=O)(=O)NC(=O)CC34CC5CC(CC(C5)C3)C4)Cc3ccccc32)cc(C)c1Cl. The molecule has 0 aromatic heterocycles. The van der Waals surface area contributed by atoms with Gasteiger partial charge in [0.15, 0.2) is 0 Å². The van der Waals surface area contributed by atoms with Crippen molar-refractivity contribution in [3.8, 4) is 5.75 Å². The molecule has 2 amide bonds. The third-order valence-electron chi connectivity index (χ3n) is 10.2. The van der Waals surface area contributed by atoms with Gasteiger partial charge in [-0.25, -0.2) is 8.42 Å². The van der Waals surface area contributed by atoms with Crippen LogP contribution in [0.3, 0.4) is 0 Å². The second kappa shape index (κ2) is 12.5. The fraction of sp³-hybridized carbons (Fsp3) is 0.543. The Morgan fingerprint density at radius 3 is 2.30 bits per heavy atom. The molecule has 0 spiro atoms. The normalized spacial score (nSPS) is 25.2. The molecule has 0 aliphatic heterocycles. The van der Waals surface area contributed by atoms with E-state index in [4.69, 9.17) is 16.3 Å². The fourth-order valence-corrected chi connectivity index (χ4v) is 9.87. The number of rotatable bonds is 12. The largest absolute Gasteiger partial charge is 0.494 e. The van der Waals surface area contributed by atoms with Crippen molar-refractivity contribution in [2.45, 2.75) is 78.1 Å². The predicted molar refractivity (Wildman–Crippen MR) is 173 cm³/mol. The van der Waals surface area contributed by atoms with Crippen LogP contribution in [0.15, 0.2) is 42.0 Å². The van der Waals surface area contributed by atoms with Gasteiger partial charge in [-0.1, -0.05) is 35.9 Å². The lowest BCUT2D eigenvalue weighted by Gasteiger charge is -2.56. The number of fused-ring (bicyclic) bond motifs is 1. The van der Waals surface area contributed by atoms with Gasteiger partial charge in [0.25, 0.3) is 0 Å². The first-order chi connectivity index (χ1) is 21.0. The van der Waals surface area contributed by atoms with Gasteiger partial charge in [0, 0.05) is 30.0 Å². The summed E-state index contributed by atoms with van der Waals surface area (Å²) in [5.41, 5.74) is 5.68. The summed E-state index contributed by atoms with van der Waals surface area (Å²) in [6.07, 6.45) is 9.14. The first-order valence-electron chi connectivity index (χ1n) is 16.0. The molecule has 5 aliphatic carbocycles. The van der Waals surface area contributed by atoms with Crippen LogP contribution >= 0.6 is 11.6 Å². The Labute approximate surface area is 266 Å². The van der Waals surface area contributed by atoms with Crippen LogP contribution in [0.4, 0.5) is 0 Å². The summed E-state index contributed by atoms with van der Waals surface area (Å²) in [6, 6.07) is 11.8. The molecule has 9 heteroatoms. The van der Waals surface area contributed by atoms with Crippen molar-refractivity contribution in [3.05, 3.63) is 69.2 Å². The van der Waals surface area contributed by atoms with Gasteiger partial charge in [0.1, 0.15) is 5.75 Å². The van der Waals surface area contributed by atoms with E-state index in [1.807, 2.05) is 50.2 Å². The number of allylic oxidation sites excluding steroid dienone is 1. The van der Waals surface area contributed by atoms with E-state index in [1.165, 1.54) is 19.3 Å². The van der Waals surface area contributed by atoms with Crippen molar-refractivity contribution in [2.75, 3.05) is 18.9 Å². The number of benzene rings is 2. The number of carbonyl (C=O) groups excluding carboxylic acids is 2. The minimum atomic E-state index is -3.86. The minimum Gasteiger partial charge on any atom is -0.494 e. The van der Waals surface area contributed by atoms with E-state index in [1.54, 1.807) is 0 Å². The lowest BCUT2D eigenvalue weighted by atomic mass is 9.49. The summed E-state index contributed by atoms with van der Waals surface area (Å²) in [5, 5.41) is 3.55. The van der Waals surface area contributed by atoms with Crippen molar-refractivity contribution < 1.29 is 22.7 Å². The van der Waals surface area contributed by atoms with Gasteiger partial charge in [-0.15, -0.1) is 0 Å². The zero-order valence-corrected chi connectivity index (χ0v) is 27.3. The summed E-state index contributed by atoms with van der Waals surface area (Å²) in [4.78, 5) is 26.2. The maximum atomic E-state index is 13.3. The summed E-state index contributed by atoms with van der Waals surface area (Å²) in [5.74, 6) is 1.87. The lowest BCUT2D eigenvalue weighted by molar-refractivity contribution is -0.127. The summed E-state index contributed by atoms with van der Waals surface area (Å²) >= 11 is 6.28. The van der Waals surface area contributed by atoms with E-state index < -0.39 is 15.9 Å². The number of nitrogens with one attached hydrogen (secondary N) is 2. The van der Waals surface area contributed by atoms with Gasteiger partial charge >= 0.3 is 0 Å². The molecule has 2 aromatic rings. The van der Waals surface area contributed by atoms with Gasteiger partial charge < -0.3 is 10.1 Å². The molecule has 2 N–H and O–H groups in total. The van der Waals surface area contributed by atoms with Crippen LogP contribution in [0.1, 0.15) is 80.0 Å². The van der Waals surface area contributed by atoms with Gasteiger partial charge in [0.05, 0.1) is 12.4 Å². The van der Waals surface area contributed by atoms with Gasteiger partial charge in [-0.3, -0.25) is 14.3 Å². The van der Waals surface area contributed by atoms with Gasteiger partial charge in [-0.05, 0) is 128 Å². The van der Waals surface area contributed by atoms with Crippen molar-refractivity contribution >= 4 is 39.0 Å². The number of hydrogen-bond donors (Lipinski definition) is 2. The van der Waals surface area contributed by atoms with E-state index in [0.29, 0.717) is 49.2 Å². The Hall–Kier alpha value is -2.84. The Morgan fingerprint density at radius 2 is 1.64 bits per heavy atom. The van der Waals surface area contributed by atoms with E-state index in [9.17, 15) is 18.0 Å². The highest BCUT2D eigenvalue weighted by Crippen LogP contribution is 2.61. The van der Waals surface area contributed by atoms with Gasteiger partial charge in [-0.2, -0.15) is 0 Å². The summed E-state index contributed by atoms with van der Waals surface area (Å²) < 4.78 is 33.9. The number of sulfonamides is 1. The Kier molecular flexibility index (Phi) is 8.86. The van der Waals surface area contributed by atoms with Crippen LogP contribution in [0, 0.1) is 37.0 Å². The second-order valence-electron chi connectivity index (χ2n) is 13.8. The highest BCUT2D eigenvalue weighted by Gasteiger charge is 2.51. The number of halogens is 1. The molecule has 44 heavy (non-hydrogen) atoms. The first-order valence-corrected chi connectivity index (χ1v) is 18.0. The van der Waals surface area contributed by atoms with E-state index in [2.05, 4.69) is 10.0 Å². The number of ether oxygens (including phenoxy) is 1. The van der Waals surface area contributed by atoms with Crippen LogP contribution in [0.5, 0.6) is 5.75 Å². The highest BCUT2D eigenvalue weighted by atomic mass is 35.5. The zero-order chi connectivity index (χ0) is 31.1. The van der Waals surface area contributed by atoms with Crippen LogP contribution in [0.25, 0.3) is 5.57 Å². The maximum absolute atomic E-state index is 13.3. The number of aryl methyl sites for hydroxylation is 2. The van der Waals surface area contributed by atoms with Gasteiger partial charge in [0.2, 0.25) is 21.8 Å². The smallest absolute Gasteiger partial charge is 0.247 e. The van der Waals surface area contributed by atoms with Crippen LogP contribution in [-0.4, -0.2) is 39.1 Å². The number of amides is 2. The average Bonchev–Trinajstić information content (AvgIpc) is 3.31. The third-order valence-corrected chi connectivity index (χ3v) is 12.1. The standard InChI is InChI=1S/C35H43ClN2O5S/c1-22-12-28(13-23(2)33(22)36)43-10-5-8-30-29-7-4-3-6-27(29)17-31(30)34(40)37-9-11-44(41,42)38-32(39)21-35-18-24-14-25(19-35)16-26(15-24)20-35/h3-4,6-7,12-13,24-26H,5,8-11,14-21H2,1-2H3,(H,37,40)(H,38,39). The molecular weight excluding hydrogens is 596 g/mol. The van der Waals surface area contributed by atoms with Crippen molar-refractivity contribution in [3.63, 3.8) is 0 Å². The summed E-state index contributed by atoms with van der Waals surface area (Å²) in [6.45, 7) is 4.33. The number of carbonyl (C=O) groups is 2. The average molecular weight is 639 g/mol. The molecule has 0 heterocycles. The molecule has 0 unspecified atom stereocenters. The topological polar surface area (TPSA) is 102 Å². The van der Waals surface area contributed by atoms with Crippen molar-refractivity contribution in [2.24, 2.45) is 23.2 Å². The monoisotopic (exact) mass is 638 g/mol. The molecule has 236 valence electrons. The molecule has 4 bridgehead atoms. The Bertz CT molecular complexity index is 1540. The second-order valence-corrected chi connectivity index (χ2v) is 16.0. The van der Waals surface area contributed by atoms with Crippen LogP contribution < -0.4 is 14.8 Å². The third kappa shape index (κ3) is 6.86. The molecule has 0 radical (unpaired) electrons. The van der Waals surface area contributed by atoms with E-state index in [0.717, 1.165) is 57.9 Å². The molecule has 4 saturated carbocycles. The first kappa shape index (κ1) is 31.2. The molecule has 4 fully saturated rings. The molecule has 7 nitrogen and oxygen atoms in total. The van der Waals surface area contributed by atoms with Crippen molar-refractivity contribution in [1.82, 2.24) is 10.0 Å². The molecule has 2 aromatic carbocycles. The highest BCUT2D eigenvalue weighted by molar-refractivity contribution is 7.90. The van der Waals surface area contributed by atoms with Crippen LogP contribution in [-0.2, 0) is 26.0 Å². The molecular formula is C35H43ClN2O5S. The zero-order valence-electron chi connectivity index (χ0n) is 25.7. The molecule has 0 atom stereocenters. The van der Waals surface area contributed by atoms with Crippen LogP contribution in [0.2, 0.25) is 5.02 Å². The lowest BCUT2D eigenvalue weighted by Crippen LogP contribution is -2.48. The minimum absolute atomic E-state index is 0.0271.